The quantitative estimate of drug-likeness (QED) is 0.414. The predicted octanol–water partition coefficient (Wildman–Crippen LogP) is 5.82. The summed E-state index contributed by atoms with van der Waals surface area (Å²) in [5, 5.41) is 13.1. The maximum Gasteiger partial charge on any atom is 0.308 e. The Kier molecular flexibility index (Phi) is 8.04. The lowest BCUT2D eigenvalue weighted by Crippen LogP contribution is -2.44. The molecule has 0 radical (unpaired) electrons. The van der Waals surface area contributed by atoms with Gasteiger partial charge in [-0.1, -0.05) is 23.4 Å². The van der Waals surface area contributed by atoms with E-state index >= 15 is 4.39 Å². The van der Waals surface area contributed by atoms with Crippen molar-refractivity contribution in [1.82, 2.24) is 9.88 Å². The van der Waals surface area contributed by atoms with E-state index in [0.29, 0.717) is 47.8 Å². The number of ether oxygens (including phenoxy) is 1. The first-order valence-corrected chi connectivity index (χ1v) is 12.5. The van der Waals surface area contributed by atoms with Gasteiger partial charge in [0.1, 0.15) is 11.9 Å². The Bertz CT molecular complexity index is 1220. The number of carboxylic acid groups (broad SMARTS) is 1. The molecule has 1 saturated heterocycles. The number of methoxy groups -OCH3 is 1. The van der Waals surface area contributed by atoms with Gasteiger partial charge in [0.15, 0.2) is 0 Å². The first-order valence-electron chi connectivity index (χ1n) is 11.2. The van der Waals surface area contributed by atoms with E-state index in [0.717, 1.165) is 16.8 Å². The number of carboxylic acids is 1. The van der Waals surface area contributed by atoms with Gasteiger partial charge in [-0.3, -0.25) is 14.7 Å². The standard InChI is InChI=1S/C26H26ClFN2O3S/c1-33-18-5-7-24-20(15-18)19(8-11-29-24)23(28)6-4-17-9-13-30(16-21(17)26(31)32)12-2-3-25-22(27)10-14-34-25/h5,7-8,10-11,14-15,17,21,23H,4,6,9,12-13,16H2,1H3,(H,31,32)/t17-,21+,23-/m1/s1. The van der Waals surface area contributed by atoms with E-state index in [2.05, 4.69) is 21.7 Å². The molecule has 1 aliphatic heterocycles. The van der Waals surface area contributed by atoms with Crippen molar-refractivity contribution in [3.8, 4) is 17.6 Å². The predicted molar refractivity (Wildman–Crippen MR) is 133 cm³/mol. The molecular weight excluding hydrogens is 475 g/mol. The number of hydrogen-bond donors (Lipinski definition) is 1. The summed E-state index contributed by atoms with van der Waals surface area (Å²) in [5.41, 5.74) is 1.28. The van der Waals surface area contributed by atoms with E-state index in [1.165, 1.54) is 11.3 Å². The molecule has 5 nitrogen and oxygen atoms in total. The summed E-state index contributed by atoms with van der Waals surface area (Å²) in [6, 6.07) is 8.92. The number of halogens is 2. The molecule has 1 aromatic carbocycles. The Morgan fingerprint density at radius 3 is 3.00 bits per heavy atom. The lowest BCUT2D eigenvalue weighted by molar-refractivity contribution is -0.146. The second kappa shape index (κ2) is 11.2. The number of nitrogens with zero attached hydrogens (tertiary/aromatic N) is 2. The van der Waals surface area contributed by atoms with E-state index in [4.69, 9.17) is 16.3 Å². The van der Waals surface area contributed by atoms with Gasteiger partial charge in [0.25, 0.3) is 0 Å². The van der Waals surface area contributed by atoms with Crippen molar-refractivity contribution in [3.63, 3.8) is 0 Å². The van der Waals surface area contributed by atoms with E-state index < -0.39 is 18.1 Å². The van der Waals surface area contributed by atoms with Crippen LogP contribution in [0.25, 0.3) is 10.9 Å². The number of aromatic nitrogens is 1. The SMILES string of the molecule is COc1ccc2nccc([C@H](F)CC[C@@H]3CCN(CC#Cc4sccc4Cl)C[C@@H]3C(=O)O)c2c1. The van der Waals surface area contributed by atoms with Crippen LogP contribution in [0.4, 0.5) is 4.39 Å². The molecule has 2 aromatic heterocycles. The average molecular weight is 501 g/mol. The van der Waals surface area contributed by atoms with Crippen LogP contribution >= 0.6 is 22.9 Å². The second-order valence-electron chi connectivity index (χ2n) is 8.46. The fourth-order valence-electron chi connectivity index (χ4n) is 4.51. The van der Waals surface area contributed by atoms with Crippen molar-refractivity contribution in [1.29, 1.82) is 0 Å². The Morgan fingerprint density at radius 2 is 2.26 bits per heavy atom. The summed E-state index contributed by atoms with van der Waals surface area (Å²) < 4.78 is 20.6. The van der Waals surface area contributed by atoms with Gasteiger partial charge in [-0.2, -0.15) is 0 Å². The minimum atomic E-state index is -1.20. The van der Waals surface area contributed by atoms with Gasteiger partial charge < -0.3 is 9.84 Å². The summed E-state index contributed by atoms with van der Waals surface area (Å²) in [5.74, 6) is 5.36. The molecule has 1 N–H and O–H groups in total. The Labute approximate surface area is 207 Å². The molecule has 3 atom stereocenters. The van der Waals surface area contributed by atoms with Crippen molar-refractivity contribution in [2.24, 2.45) is 11.8 Å². The molecular formula is C26H26ClFN2O3S. The fourth-order valence-corrected chi connectivity index (χ4v) is 5.48. The zero-order chi connectivity index (χ0) is 24.1. The number of pyridine rings is 1. The van der Waals surface area contributed by atoms with Crippen LogP contribution in [0, 0.1) is 23.7 Å². The number of fused-ring (bicyclic) bond motifs is 1. The number of thiophene rings is 1. The highest BCUT2D eigenvalue weighted by atomic mass is 35.5. The average Bonchev–Trinajstić information content (AvgIpc) is 3.26. The van der Waals surface area contributed by atoms with Crippen LogP contribution in [0.2, 0.25) is 5.02 Å². The van der Waals surface area contributed by atoms with E-state index in [9.17, 15) is 9.90 Å². The molecule has 0 unspecified atom stereocenters. The second-order valence-corrected chi connectivity index (χ2v) is 9.78. The third-order valence-electron chi connectivity index (χ3n) is 6.39. The monoisotopic (exact) mass is 500 g/mol. The van der Waals surface area contributed by atoms with Gasteiger partial charge in [-0.05, 0) is 73.0 Å². The Morgan fingerprint density at radius 1 is 1.41 bits per heavy atom. The van der Waals surface area contributed by atoms with Crippen LogP contribution in [0.1, 0.15) is 35.9 Å². The molecule has 0 amide bonds. The zero-order valence-corrected chi connectivity index (χ0v) is 20.4. The third kappa shape index (κ3) is 5.69. The van der Waals surface area contributed by atoms with Gasteiger partial charge in [-0.15, -0.1) is 11.3 Å². The Hall–Kier alpha value is -2.66. The minimum absolute atomic E-state index is 0.0747. The highest BCUT2D eigenvalue weighted by molar-refractivity contribution is 7.11. The lowest BCUT2D eigenvalue weighted by atomic mass is 9.81. The number of likely N-dealkylation sites (tertiary alicyclic amines) is 1. The third-order valence-corrected chi connectivity index (χ3v) is 7.65. The van der Waals surface area contributed by atoms with Crippen molar-refractivity contribution in [2.45, 2.75) is 25.4 Å². The van der Waals surface area contributed by atoms with Gasteiger partial charge >= 0.3 is 5.97 Å². The van der Waals surface area contributed by atoms with Crippen LogP contribution < -0.4 is 4.74 Å². The van der Waals surface area contributed by atoms with Crippen molar-refractivity contribution in [3.05, 3.63) is 57.4 Å². The minimum Gasteiger partial charge on any atom is -0.497 e. The molecule has 1 fully saturated rings. The molecule has 0 saturated carbocycles. The molecule has 8 heteroatoms. The van der Waals surface area contributed by atoms with E-state index in [1.54, 1.807) is 31.5 Å². The number of hydrogen-bond acceptors (Lipinski definition) is 5. The fraction of sp³-hybridized carbons (Fsp3) is 0.385. The maximum atomic E-state index is 15.3. The maximum absolute atomic E-state index is 15.3. The lowest BCUT2D eigenvalue weighted by Gasteiger charge is -2.35. The molecule has 0 aliphatic carbocycles. The summed E-state index contributed by atoms with van der Waals surface area (Å²) in [7, 11) is 1.57. The van der Waals surface area contributed by atoms with E-state index in [-0.39, 0.29) is 12.3 Å². The topological polar surface area (TPSA) is 62.7 Å². The summed E-state index contributed by atoms with van der Waals surface area (Å²) in [6.07, 6.45) is 1.89. The van der Waals surface area contributed by atoms with Gasteiger partial charge in [-0.25, -0.2) is 4.39 Å². The highest BCUT2D eigenvalue weighted by Gasteiger charge is 2.34. The van der Waals surface area contributed by atoms with Crippen LogP contribution in [-0.2, 0) is 4.79 Å². The number of carbonyl (C=O) groups is 1. The number of rotatable bonds is 7. The first kappa shape index (κ1) is 24.5. The zero-order valence-electron chi connectivity index (χ0n) is 18.8. The summed E-state index contributed by atoms with van der Waals surface area (Å²) >= 11 is 7.56. The van der Waals surface area contributed by atoms with Gasteiger partial charge in [0, 0.05) is 18.1 Å². The number of alkyl halides is 1. The largest absolute Gasteiger partial charge is 0.497 e. The molecule has 4 rings (SSSR count). The van der Waals surface area contributed by atoms with Crippen molar-refractivity contribution in [2.75, 3.05) is 26.7 Å². The first-order chi connectivity index (χ1) is 16.5. The molecule has 34 heavy (non-hydrogen) atoms. The number of aliphatic carboxylic acids is 1. The van der Waals surface area contributed by atoms with Crippen molar-refractivity contribution < 1.29 is 19.0 Å². The highest BCUT2D eigenvalue weighted by Crippen LogP contribution is 2.35. The molecule has 0 bridgehead atoms. The normalized spacial score (nSPS) is 19.4. The molecule has 3 aromatic rings. The molecule has 178 valence electrons. The molecule has 1 aliphatic rings. The van der Waals surface area contributed by atoms with Gasteiger partial charge in [0.05, 0.1) is 35.0 Å². The van der Waals surface area contributed by atoms with E-state index in [1.807, 2.05) is 17.5 Å². The molecule has 3 heterocycles. The molecule has 0 spiro atoms. The smallest absolute Gasteiger partial charge is 0.308 e. The van der Waals surface area contributed by atoms with Crippen LogP contribution in [-0.4, -0.2) is 47.7 Å². The van der Waals surface area contributed by atoms with Crippen molar-refractivity contribution >= 4 is 39.8 Å². The Balaban J connectivity index is 1.38. The number of piperidine rings is 1. The van der Waals surface area contributed by atoms with Crippen LogP contribution in [0.5, 0.6) is 5.75 Å². The van der Waals surface area contributed by atoms with Crippen LogP contribution in [0.15, 0.2) is 41.9 Å². The van der Waals surface area contributed by atoms with Gasteiger partial charge in [0.2, 0.25) is 0 Å². The summed E-state index contributed by atoms with van der Waals surface area (Å²) in [4.78, 5) is 19.2. The summed E-state index contributed by atoms with van der Waals surface area (Å²) in [6.45, 7) is 1.65. The van der Waals surface area contributed by atoms with Crippen LogP contribution in [0.3, 0.4) is 0 Å². The number of benzene rings is 1.